The van der Waals surface area contributed by atoms with Crippen molar-refractivity contribution in [2.45, 2.75) is 18.1 Å². The number of hydrogen-bond donors (Lipinski definition) is 1. The Bertz CT molecular complexity index is 836. The molecule has 8 heteroatoms. The highest BCUT2D eigenvalue weighted by Crippen LogP contribution is 2.20. The maximum atomic E-state index is 12.6. The van der Waals surface area contributed by atoms with Crippen LogP contribution in [0, 0.1) is 0 Å². The first kappa shape index (κ1) is 15.9. The highest BCUT2D eigenvalue weighted by atomic mass is 32.2. The molecule has 2 heterocycles. The largest absolute Gasteiger partial charge is 0.339 e. The topological polar surface area (TPSA) is 84.3 Å². The number of imidazole rings is 1. The molecule has 124 valence electrons. The SMILES string of the molecule is CNS(=O)(=O)C1CCN(C(=O)c2ccc3c(c2)ncn3C)CC1. The molecule has 0 saturated carbocycles. The van der Waals surface area contributed by atoms with Gasteiger partial charge in [-0.25, -0.2) is 18.1 Å². The van der Waals surface area contributed by atoms with Crippen LogP contribution in [0.4, 0.5) is 0 Å². The van der Waals surface area contributed by atoms with E-state index in [0.717, 1.165) is 11.0 Å². The molecular formula is C15H20N4O3S. The van der Waals surface area contributed by atoms with Crippen molar-refractivity contribution in [1.82, 2.24) is 19.2 Å². The molecule has 1 fully saturated rings. The second-order valence-electron chi connectivity index (χ2n) is 5.80. The van der Waals surface area contributed by atoms with E-state index in [4.69, 9.17) is 0 Å². The third-order valence-corrected chi connectivity index (χ3v) is 6.34. The third kappa shape index (κ3) is 2.96. The molecule has 1 saturated heterocycles. The molecule has 2 aromatic rings. The van der Waals surface area contributed by atoms with Crippen molar-refractivity contribution in [1.29, 1.82) is 0 Å². The number of fused-ring (bicyclic) bond motifs is 1. The van der Waals surface area contributed by atoms with Gasteiger partial charge in [-0.05, 0) is 38.1 Å². The molecule has 0 bridgehead atoms. The minimum Gasteiger partial charge on any atom is -0.339 e. The van der Waals surface area contributed by atoms with Gasteiger partial charge in [-0.1, -0.05) is 0 Å². The zero-order valence-corrected chi connectivity index (χ0v) is 14.0. The number of nitrogens with one attached hydrogen (secondary N) is 1. The molecule has 0 unspecified atom stereocenters. The Balaban J connectivity index is 1.73. The van der Waals surface area contributed by atoms with Gasteiger partial charge in [0, 0.05) is 25.7 Å². The summed E-state index contributed by atoms with van der Waals surface area (Å²) in [5.74, 6) is -0.0714. The van der Waals surface area contributed by atoms with Crippen molar-refractivity contribution in [3.05, 3.63) is 30.1 Å². The van der Waals surface area contributed by atoms with Crippen LogP contribution in [-0.4, -0.2) is 54.2 Å². The number of carbonyl (C=O) groups is 1. The number of amides is 1. The Kier molecular flexibility index (Phi) is 4.11. The molecular weight excluding hydrogens is 316 g/mol. The second kappa shape index (κ2) is 5.93. The van der Waals surface area contributed by atoms with Gasteiger partial charge in [-0.15, -0.1) is 0 Å². The van der Waals surface area contributed by atoms with Crippen molar-refractivity contribution in [2.24, 2.45) is 7.05 Å². The molecule has 1 aliphatic heterocycles. The zero-order chi connectivity index (χ0) is 16.6. The molecule has 1 aromatic heterocycles. The smallest absolute Gasteiger partial charge is 0.253 e. The minimum atomic E-state index is -3.26. The number of nitrogens with zero attached hydrogens (tertiary/aromatic N) is 3. The van der Waals surface area contributed by atoms with Gasteiger partial charge in [0.05, 0.1) is 22.6 Å². The second-order valence-corrected chi connectivity index (χ2v) is 7.96. The first-order valence-corrected chi connectivity index (χ1v) is 9.10. The van der Waals surface area contributed by atoms with E-state index in [1.807, 2.05) is 17.7 Å². The quantitative estimate of drug-likeness (QED) is 0.895. The predicted molar refractivity (Wildman–Crippen MR) is 87.6 cm³/mol. The first-order valence-electron chi connectivity index (χ1n) is 7.55. The van der Waals surface area contributed by atoms with Crippen LogP contribution in [0.3, 0.4) is 0 Å². The molecule has 0 aliphatic carbocycles. The summed E-state index contributed by atoms with van der Waals surface area (Å²) in [6.07, 6.45) is 2.63. The molecule has 0 radical (unpaired) electrons. The van der Waals surface area contributed by atoms with Crippen molar-refractivity contribution >= 4 is 27.0 Å². The van der Waals surface area contributed by atoms with E-state index in [0.29, 0.717) is 31.5 Å². The molecule has 1 N–H and O–H groups in total. The Labute approximate surface area is 135 Å². The van der Waals surface area contributed by atoms with Gasteiger partial charge in [0.1, 0.15) is 0 Å². The lowest BCUT2D eigenvalue weighted by atomic mass is 10.1. The Hall–Kier alpha value is -1.93. The van der Waals surface area contributed by atoms with Crippen molar-refractivity contribution in [3.63, 3.8) is 0 Å². The average molecular weight is 336 g/mol. The number of aromatic nitrogens is 2. The van der Waals surface area contributed by atoms with Crippen LogP contribution < -0.4 is 4.72 Å². The minimum absolute atomic E-state index is 0.0714. The van der Waals surface area contributed by atoms with E-state index in [1.54, 1.807) is 23.4 Å². The van der Waals surface area contributed by atoms with Gasteiger partial charge >= 0.3 is 0 Å². The lowest BCUT2D eigenvalue weighted by Gasteiger charge is -2.31. The molecule has 23 heavy (non-hydrogen) atoms. The number of carbonyl (C=O) groups excluding carboxylic acids is 1. The van der Waals surface area contributed by atoms with Gasteiger partial charge in [0.2, 0.25) is 10.0 Å². The fourth-order valence-electron chi connectivity index (χ4n) is 2.99. The van der Waals surface area contributed by atoms with Crippen LogP contribution in [0.5, 0.6) is 0 Å². The number of likely N-dealkylation sites (tertiary alicyclic amines) is 1. The average Bonchev–Trinajstić information content (AvgIpc) is 2.95. The maximum absolute atomic E-state index is 12.6. The van der Waals surface area contributed by atoms with Crippen LogP contribution in [0.25, 0.3) is 11.0 Å². The number of sulfonamides is 1. The van der Waals surface area contributed by atoms with E-state index in [2.05, 4.69) is 9.71 Å². The van der Waals surface area contributed by atoms with Crippen molar-refractivity contribution in [2.75, 3.05) is 20.1 Å². The van der Waals surface area contributed by atoms with E-state index >= 15 is 0 Å². The van der Waals surface area contributed by atoms with Crippen LogP contribution in [0.15, 0.2) is 24.5 Å². The lowest BCUT2D eigenvalue weighted by Crippen LogP contribution is -2.44. The van der Waals surface area contributed by atoms with Gasteiger partial charge in [-0.2, -0.15) is 0 Å². The highest BCUT2D eigenvalue weighted by molar-refractivity contribution is 7.90. The van der Waals surface area contributed by atoms with E-state index in [9.17, 15) is 13.2 Å². The number of piperidine rings is 1. The Morgan fingerprint density at radius 2 is 2.00 bits per heavy atom. The van der Waals surface area contributed by atoms with Crippen LogP contribution in [0.2, 0.25) is 0 Å². The van der Waals surface area contributed by atoms with E-state index < -0.39 is 15.3 Å². The molecule has 0 atom stereocenters. The summed E-state index contributed by atoms with van der Waals surface area (Å²) in [4.78, 5) is 18.6. The first-order chi connectivity index (χ1) is 10.9. The van der Waals surface area contributed by atoms with Crippen molar-refractivity contribution < 1.29 is 13.2 Å². The third-order valence-electron chi connectivity index (χ3n) is 4.42. The van der Waals surface area contributed by atoms with Crippen LogP contribution >= 0.6 is 0 Å². The lowest BCUT2D eigenvalue weighted by molar-refractivity contribution is 0.0725. The summed E-state index contributed by atoms with van der Waals surface area (Å²) in [7, 11) is 0.0703. The molecule has 1 aromatic carbocycles. The van der Waals surface area contributed by atoms with E-state index in [1.165, 1.54) is 7.05 Å². The molecule has 1 amide bonds. The molecule has 7 nitrogen and oxygen atoms in total. The summed E-state index contributed by atoms with van der Waals surface area (Å²) >= 11 is 0. The van der Waals surface area contributed by atoms with Gasteiger partial charge in [0.15, 0.2) is 0 Å². The number of aryl methyl sites for hydroxylation is 1. The number of hydrogen-bond acceptors (Lipinski definition) is 4. The van der Waals surface area contributed by atoms with Gasteiger partial charge in [-0.3, -0.25) is 4.79 Å². The predicted octanol–water partition coefficient (Wildman–Crippen LogP) is 0.727. The number of benzene rings is 1. The summed E-state index contributed by atoms with van der Waals surface area (Å²) in [6.45, 7) is 0.898. The summed E-state index contributed by atoms with van der Waals surface area (Å²) in [5.41, 5.74) is 2.34. The van der Waals surface area contributed by atoms with Gasteiger partial charge in [0.25, 0.3) is 5.91 Å². The van der Waals surface area contributed by atoms with Gasteiger partial charge < -0.3 is 9.47 Å². The fraction of sp³-hybridized carbons (Fsp3) is 0.467. The van der Waals surface area contributed by atoms with Crippen LogP contribution in [0.1, 0.15) is 23.2 Å². The fourth-order valence-corrected chi connectivity index (χ4v) is 4.15. The zero-order valence-electron chi connectivity index (χ0n) is 13.2. The molecule has 3 rings (SSSR count). The van der Waals surface area contributed by atoms with E-state index in [-0.39, 0.29) is 5.91 Å². The molecule has 0 spiro atoms. The summed E-state index contributed by atoms with van der Waals surface area (Å²) < 4.78 is 27.9. The normalized spacial score (nSPS) is 16.9. The summed E-state index contributed by atoms with van der Waals surface area (Å²) in [6, 6.07) is 5.46. The van der Waals surface area contributed by atoms with Crippen molar-refractivity contribution in [3.8, 4) is 0 Å². The van der Waals surface area contributed by atoms with Crippen LogP contribution in [-0.2, 0) is 17.1 Å². The molecule has 1 aliphatic rings. The Morgan fingerprint density at radius 3 is 2.65 bits per heavy atom. The monoisotopic (exact) mass is 336 g/mol. The highest BCUT2D eigenvalue weighted by Gasteiger charge is 2.31. The standard InChI is InChI=1S/C15H20N4O3S/c1-16-23(21,22)12-5-7-19(8-6-12)15(20)11-3-4-14-13(9-11)17-10-18(14)2/h3-4,9-10,12,16H,5-8H2,1-2H3. The maximum Gasteiger partial charge on any atom is 0.253 e. The summed E-state index contributed by atoms with van der Waals surface area (Å²) in [5, 5.41) is -0.421. The number of rotatable bonds is 3. The Morgan fingerprint density at radius 1 is 1.30 bits per heavy atom.